The molecule has 0 bridgehead atoms. The molecule has 1 aliphatic carbocycles. The van der Waals surface area contributed by atoms with Crippen LogP contribution in [0.3, 0.4) is 0 Å². The van der Waals surface area contributed by atoms with Crippen LogP contribution < -0.4 is 0 Å². The van der Waals surface area contributed by atoms with Crippen LogP contribution in [0.15, 0.2) is 0 Å². The Bertz CT molecular complexity index is 78.5. The summed E-state index contributed by atoms with van der Waals surface area (Å²) < 4.78 is 23.1. The molecular formula is C8H16F2. The average molecular weight is 150 g/mol. The van der Waals surface area contributed by atoms with Crippen molar-refractivity contribution in [1.82, 2.24) is 0 Å². The Morgan fingerprint density at radius 3 is 1.30 bits per heavy atom. The van der Waals surface area contributed by atoms with Crippen molar-refractivity contribution in [3.05, 3.63) is 0 Å². The summed E-state index contributed by atoms with van der Waals surface area (Å²) in [5, 5.41) is 0. The molecule has 0 aromatic rings. The Morgan fingerprint density at radius 1 is 1.10 bits per heavy atom. The molecule has 62 valence electrons. The Kier molecular flexibility index (Phi) is 3.84. The molecule has 0 spiro atoms. The molecule has 0 radical (unpaired) electrons. The molecule has 1 rings (SSSR count). The Morgan fingerprint density at radius 2 is 1.30 bits per heavy atom. The third-order valence-electron chi connectivity index (χ3n) is 1.09. The van der Waals surface area contributed by atoms with Crippen molar-refractivity contribution in [2.75, 3.05) is 0 Å². The zero-order chi connectivity index (χ0) is 8.20. The van der Waals surface area contributed by atoms with Crippen LogP contribution in [0, 0.1) is 5.92 Å². The first-order valence-corrected chi connectivity index (χ1v) is 3.82. The molecule has 0 heterocycles. The second-order valence-electron chi connectivity index (χ2n) is 3.44. The zero-order valence-corrected chi connectivity index (χ0v) is 6.95. The van der Waals surface area contributed by atoms with Gasteiger partial charge in [0.2, 0.25) is 5.92 Å². The molecule has 1 saturated carbocycles. The highest BCUT2D eigenvalue weighted by Crippen LogP contribution is 2.36. The van der Waals surface area contributed by atoms with Gasteiger partial charge >= 0.3 is 0 Å². The molecule has 0 aromatic carbocycles. The molecule has 0 N–H and O–H groups in total. The molecule has 2 heteroatoms. The van der Waals surface area contributed by atoms with Crippen LogP contribution in [0.2, 0.25) is 0 Å². The molecule has 1 aliphatic rings. The van der Waals surface area contributed by atoms with Gasteiger partial charge in [0, 0.05) is 12.8 Å². The first-order valence-electron chi connectivity index (χ1n) is 3.82. The molecule has 0 nitrogen and oxygen atoms in total. The van der Waals surface area contributed by atoms with Crippen molar-refractivity contribution in [2.45, 2.75) is 46.0 Å². The predicted octanol–water partition coefficient (Wildman–Crippen LogP) is 3.47. The molecule has 0 aliphatic heterocycles. The minimum absolute atomic E-state index is 0.118. The van der Waals surface area contributed by atoms with Crippen LogP contribution in [-0.4, -0.2) is 5.92 Å². The van der Waals surface area contributed by atoms with Crippen molar-refractivity contribution in [1.29, 1.82) is 0 Å². The largest absolute Gasteiger partial charge is 0.248 e. The summed E-state index contributed by atoms with van der Waals surface area (Å²) in [6.07, 6.45) is 0.951. The van der Waals surface area contributed by atoms with Crippen molar-refractivity contribution >= 4 is 0 Å². The summed E-state index contributed by atoms with van der Waals surface area (Å²) in [4.78, 5) is 0. The summed E-state index contributed by atoms with van der Waals surface area (Å²) in [5.41, 5.74) is 0. The van der Waals surface area contributed by atoms with Gasteiger partial charge in [-0.25, -0.2) is 8.78 Å². The number of hydrogen-bond acceptors (Lipinski definition) is 0. The monoisotopic (exact) mass is 150 g/mol. The van der Waals surface area contributed by atoms with Crippen LogP contribution in [0.25, 0.3) is 0 Å². The number of hydrogen-bond donors (Lipinski definition) is 0. The molecule has 1 fully saturated rings. The highest BCUT2D eigenvalue weighted by molar-refractivity contribution is 4.75. The maximum absolute atomic E-state index is 11.5. The third kappa shape index (κ3) is 5.99. The van der Waals surface area contributed by atoms with Gasteiger partial charge in [0.25, 0.3) is 0 Å². The van der Waals surface area contributed by atoms with E-state index in [1.54, 1.807) is 0 Å². The van der Waals surface area contributed by atoms with E-state index in [1.165, 1.54) is 0 Å². The Balaban J connectivity index is 0.000000180. The second-order valence-corrected chi connectivity index (χ2v) is 3.44. The number of alkyl halides is 2. The predicted molar refractivity (Wildman–Crippen MR) is 39.3 cm³/mol. The van der Waals surface area contributed by atoms with Gasteiger partial charge < -0.3 is 0 Å². The van der Waals surface area contributed by atoms with E-state index < -0.39 is 5.92 Å². The van der Waals surface area contributed by atoms with Crippen LogP contribution >= 0.6 is 0 Å². The van der Waals surface area contributed by atoms with Gasteiger partial charge in [0.1, 0.15) is 0 Å². The lowest BCUT2D eigenvalue weighted by atomic mass is 9.95. The van der Waals surface area contributed by atoms with E-state index in [1.807, 2.05) is 0 Å². The second kappa shape index (κ2) is 3.89. The SMILES string of the molecule is CC(C)C.FC1(F)CCC1. The maximum atomic E-state index is 11.5. The van der Waals surface area contributed by atoms with Crippen molar-refractivity contribution in [2.24, 2.45) is 5.92 Å². The van der Waals surface area contributed by atoms with E-state index >= 15 is 0 Å². The lowest BCUT2D eigenvalue weighted by molar-refractivity contribution is -0.0716. The summed E-state index contributed by atoms with van der Waals surface area (Å²) in [7, 11) is 0. The molecular weight excluding hydrogens is 134 g/mol. The summed E-state index contributed by atoms with van der Waals surface area (Å²) in [6.45, 7) is 6.50. The van der Waals surface area contributed by atoms with Crippen molar-refractivity contribution in [3.63, 3.8) is 0 Å². The third-order valence-corrected chi connectivity index (χ3v) is 1.09. The van der Waals surface area contributed by atoms with Gasteiger partial charge in [-0.1, -0.05) is 20.8 Å². The smallest absolute Gasteiger partial charge is 0.207 e. The van der Waals surface area contributed by atoms with E-state index in [2.05, 4.69) is 20.8 Å². The maximum Gasteiger partial charge on any atom is 0.248 e. The highest BCUT2D eigenvalue weighted by atomic mass is 19.3. The zero-order valence-electron chi connectivity index (χ0n) is 6.95. The lowest BCUT2D eigenvalue weighted by Gasteiger charge is -2.23. The minimum atomic E-state index is -2.28. The van der Waals surface area contributed by atoms with Gasteiger partial charge in [-0.3, -0.25) is 0 Å². The first-order chi connectivity index (χ1) is 4.44. The van der Waals surface area contributed by atoms with Crippen LogP contribution in [-0.2, 0) is 0 Å². The fraction of sp³-hybridized carbons (Fsp3) is 1.00. The van der Waals surface area contributed by atoms with Crippen LogP contribution in [0.5, 0.6) is 0 Å². The quantitative estimate of drug-likeness (QED) is 0.496. The fourth-order valence-corrected chi connectivity index (χ4v) is 0.444. The van der Waals surface area contributed by atoms with E-state index in [0.29, 0.717) is 6.42 Å². The van der Waals surface area contributed by atoms with Gasteiger partial charge in [-0.15, -0.1) is 0 Å². The summed E-state index contributed by atoms with van der Waals surface area (Å²) in [5.74, 6) is -1.44. The lowest BCUT2D eigenvalue weighted by Crippen LogP contribution is -2.24. The minimum Gasteiger partial charge on any atom is -0.207 e. The van der Waals surface area contributed by atoms with Gasteiger partial charge in [0.15, 0.2) is 0 Å². The summed E-state index contributed by atoms with van der Waals surface area (Å²) in [6, 6.07) is 0. The molecule has 0 aromatic heterocycles. The fourth-order valence-electron chi connectivity index (χ4n) is 0.444. The molecule has 0 saturated heterocycles. The van der Waals surface area contributed by atoms with Crippen LogP contribution in [0.4, 0.5) is 8.78 Å². The molecule has 0 atom stereocenters. The standard InChI is InChI=1S/C4H6F2.C4H10/c5-4(6)2-1-3-4;1-4(2)3/h1-3H2;4H,1-3H3. The molecule has 0 amide bonds. The average Bonchev–Trinajstić information content (AvgIpc) is 1.60. The van der Waals surface area contributed by atoms with Crippen molar-refractivity contribution in [3.8, 4) is 0 Å². The van der Waals surface area contributed by atoms with Gasteiger partial charge in [0.05, 0.1) is 0 Å². The van der Waals surface area contributed by atoms with Gasteiger partial charge in [-0.2, -0.15) is 0 Å². The van der Waals surface area contributed by atoms with E-state index in [0.717, 1.165) is 5.92 Å². The number of rotatable bonds is 0. The first kappa shape index (κ1) is 9.86. The van der Waals surface area contributed by atoms with E-state index in [4.69, 9.17) is 0 Å². The summed E-state index contributed by atoms with van der Waals surface area (Å²) >= 11 is 0. The van der Waals surface area contributed by atoms with Crippen LogP contribution in [0.1, 0.15) is 40.0 Å². The molecule has 10 heavy (non-hydrogen) atoms. The Hall–Kier alpha value is -0.140. The van der Waals surface area contributed by atoms with E-state index in [-0.39, 0.29) is 12.8 Å². The molecule has 0 unspecified atom stereocenters. The normalized spacial score (nSPS) is 21.0. The van der Waals surface area contributed by atoms with E-state index in [9.17, 15) is 8.78 Å². The Labute approximate surface area is 61.6 Å². The van der Waals surface area contributed by atoms with Crippen molar-refractivity contribution < 1.29 is 8.78 Å². The number of halogens is 2. The highest BCUT2D eigenvalue weighted by Gasteiger charge is 2.36. The van der Waals surface area contributed by atoms with Gasteiger partial charge in [-0.05, 0) is 12.3 Å². The topological polar surface area (TPSA) is 0 Å².